The molecule has 88 valence electrons. The molecule has 1 aliphatic carbocycles. The number of benzene rings is 1. The molecule has 0 saturated heterocycles. The van der Waals surface area contributed by atoms with Gasteiger partial charge >= 0.3 is 0 Å². The van der Waals surface area contributed by atoms with Crippen molar-refractivity contribution in [1.29, 1.82) is 5.26 Å². The highest BCUT2D eigenvalue weighted by molar-refractivity contribution is 6.09. The number of terminal acetylenes is 1. The van der Waals surface area contributed by atoms with E-state index in [1.165, 1.54) is 0 Å². The minimum absolute atomic E-state index is 0.00661. The van der Waals surface area contributed by atoms with E-state index in [2.05, 4.69) is 5.92 Å². The van der Waals surface area contributed by atoms with E-state index in [0.717, 1.165) is 36.8 Å². The normalized spacial score (nSPS) is 14.8. The molecule has 1 aromatic carbocycles. The molecule has 1 aliphatic rings. The highest BCUT2D eigenvalue weighted by atomic mass is 16.1. The summed E-state index contributed by atoms with van der Waals surface area (Å²) in [4.78, 5) is 12.3. The van der Waals surface area contributed by atoms with Crippen molar-refractivity contribution < 1.29 is 4.79 Å². The number of hydrogen-bond donors (Lipinski definition) is 0. The number of ketones is 1. The highest BCUT2D eigenvalue weighted by Gasteiger charge is 2.19. The maximum atomic E-state index is 12.3. The van der Waals surface area contributed by atoms with Crippen molar-refractivity contribution >= 4 is 5.78 Å². The number of rotatable bonds is 2. The van der Waals surface area contributed by atoms with Crippen LogP contribution in [0.3, 0.4) is 0 Å². The van der Waals surface area contributed by atoms with Crippen LogP contribution in [0.4, 0.5) is 0 Å². The van der Waals surface area contributed by atoms with Crippen LogP contribution in [-0.2, 0) is 0 Å². The quantitative estimate of drug-likeness (QED) is 0.583. The van der Waals surface area contributed by atoms with E-state index in [4.69, 9.17) is 11.7 Å². The van der Waals surface area contributed by atoms with Gasteiger partial charge in [-0.1, -0.05) is 5.92 Å². The Balaban J connectivity index is 2.33. The fourth-order valence-electron chi connectivity index (χ4n) is 2.19. The third-order valence-electron chi connectivity index (χ3n) is 3.19. The molecule has 0 saturated carbocycles. The van der Waals surface area contributed by atoms with Gasteiger partial charge in [-0.2, -0.15) is 5.26 Å². The van der Waals surface area contributed by atoms with Crippen LogP contribution in [0.25, 0.3) is 0 Å². The maximum Gasteiger partial charge on any atom is 0.189 e. The van der Waals surface area contributed by atoms with E-state index in [1.807, 2.05) is 6.07 Å². The Hall–Kier alpha value is -2.32. The van der Waals surface area contributed by atoms with Gasteiger partial charge in [0.05, 0.1) is 11.6 Å². The molecule has 2 nitrogen and oxygen atoms in total. The molecule has 0 atom stereocenters. The molecule has 0 aromatic heterocycles. The third kappa shape index (κ3) is 2.34. The predicted molar refractivity (Wildman–Crippen MR) is 69.8 cm³/mol. The summed E-state index contributed by atoms with van der Waals surface area (Å²) in [5, 5.41) is 8.73. The molecule has 0 radical (unpaired) electrons. The number of carbonyl (C=O) groups excluding carboxylic acids is 1. The first-order valence-electron chi connectivity index (χ1n) is 5.99. The second-order valence-electron chi connectivity index (χ2n) is 4.33. The zero-order chi connectivity index (χ0) is 13.0. The molecule has 0 bridgehead atoms. The SMILES string of the molecule is C#CC1=C(C(=O)c2ccc(C#N)cc2)CCCC1. The van der Waals surface area contributed by atoms with Gasteiger partial charge in [-0.25, -0.2) is 0 Å². The van der Waals surface area contributed by atoms with E-state index >= 15 is 0 Å². The molecule has 0 spiro atoms. The van der Waals surface area contributed by atoms with E-state index < -0.39 is 0 Å². The van der Waals surface area contributed by atoms with Crippen molar-refractivity contribution in [2.24, 2.45) is 0 Å². The first kappa shape index (κ1) is 12.1. The highest BCUT2D eigenvalue weighted by Crippen LogP contribution is 2.27. The van der Waals surface area contributed by atoms with Gasteiger partial charge in [-0.3, -0.25) is 4.79 Å². The van der Waals surface area contributed by atoms with Gasteiger partial charge in [0.15, 0.2) is 5.78 Å². The van der Waals surface area contributed by atoms with Gasteiger partial charge in [0, 0.05) is 16.7 Å². The van der Waals surface area contributed by atoms with Crippen molar-refractivity contribution in [2.75, 3.05) is 0 Å². The van der Waals surface area contributed by atoms with Crippen LogP contribution >= 0.6 is 0 Å². The molecule has 0 amide bonds. The van der Waals surface area contributed by atoms with Crippen molar-refractivity contribution in [3.8, 4) is 18.4 Å². The monoisotopic (exact) mass is 235 g/mol. The Morgan fingerprint density at radius 2 is 1.83 bits per heavy atom. The zero-order valence-corrected chi connectivity index (χ0v) is 10.1. The van der Waals surface area contributed by atoms with E-state index in [-0.39, 0.29) is 5.78 Å². The van der Waals surface area contributed by atoms with Gasteiger partial charge in [-0.15, -0.1) is 6.42 Å². The summed E-state index contributed by atoms with van der Waals surface area (Å²) in [5.41, 5.74) is 2.78. The predicted octanol–water partition coefficient (Wildman–Crippen LogP) is 3.24. The molecule has 2 heteroatoms. The zero-order valence-electron chi connectivity index (χ0n) is 10.1. The minimum atomic E-state index is 0.00661. The Bertz CT molecular complexity index is 579. The Kier molecular flexibility index (Phi) is 3.60. The van der Waals surface area contributed by atoms with E-state index in [1.54, 1.807) is 24.3 Å². The molecular weight excluding hydrogens is 222 g/mol. The summed E-state index contributed by atoms with van der Waals surface area (Å²) in [6.07, 6.45) is 9.12. The Morgan fingerprint density at radius 3 is 2.44 bits per heavy atom. The van der Waals surface area contributed by atoms with Gasteiger partial charge in [0.25, 0.3) is 0 Å². The van der Waals surface area contributed by atoms with Crippen LogP contribution in [0.5, 0.6) is 0 Å². The molecule has 0 fully saturated rings. The minimum Gasteiger partial charge on any atom is -0.289 e. The van der Waals surface area contributed by atoms with E-state index in [9.17, 15) is 4.79 Å². The summed E-state index contributed by atoms with van der Waals surface area (Å²) >= 11 is 0. The molecule has 2 rings (SSSR count). The number of nitriles is 1. The van der Waals surface area contributed by atoms with Gasteiger partial charge < -0.3 is 0 Å². The van der Waals surface area contributed by atoms with Gasteiger partial charge in [0.1, 0.15) is 0 Å². The van der Waals surface area contributed by atoms with Crippen molar-refractivity contribution in [3.05, 3.63) is 46.5 Å². The van der Waals surface area contributed by atoms with Gasteiger partial charge in [0.2, 0.25) is 0 Å². The number of carbonyl (C=O) groups is 1. The lowest BCUT2D eigenvalue weighted by molar-refractivity contribution is 0.102. The van der Waals surface area contributed by atoms with Crippen LogP contribution < -0.4 is 0 Å². The second-order valence-corrected chi connectivity index (χ2v) is 4.33. The molecule has 0 heterocycles. The smallest absolute Gasteiger partial charge is 0.189 e. The van der Waals surface area contributed by atoms with Gasteiger partial charge in [-0.05, 0) is 49.9 Å². The van der Waals surface area contributed by atoms with Crippen LogP contribution in [0.15, 0.2) is 35.4 Å². The number of allylic oxidation sites excluding steroid dienone is 2. The summed E-state index contributed by atoms with van der Waals surface area (Å²) in [6, 6.07) is 8.74. The van der Waals surface area contributed by atoms with Crippen molar-refractivity contribution in [1.82, 2.24) is 0 Å². The molecule has 18 heavy (non-hydrogen) atoms. The summed E-state index contributed by atoms with van der Waals surface area (Å²) in [5.74, 6) is 2.64. The lowest BCUT2D eigenvalue weighted by Gasteiger charge is -2.15. The molecular formula is C16H13NO. The van der Waals surface area contributed by atoms with Crippen LogP contribution in [0, 0.1) is 23.7 Å². The number of Topliss-reactive ketones (excluding diaryl/α,β-unsaturated/α-hetero) is 1. The third-order valence-corrected chi connectivity index (χ3v) is 3.19. The topological polar surface area (TPSA) is 40.9 Å². The van der Waals surface area contributed by atoms with Crippen LogP contribution in [0.2, 0.25) is 0 Å². The van der Waals surface area contributed by atoms with Crippen molar-refractivity contribution in [2.45, 2.75) is 25.7 Å². The Morgan fingerprint density at radius 1 is 1.17 bits per heavy atom. The fraction of sp³-hybridized carbons (Fsp3) is 0.250. The molecule has 0 unspecified atom stereocenters. The van der Waals surface area contributed by atoms with Crippen LogP contribution in [-0.4, -0.2) is 5.78 Å². The largest absolute Gasteiger partial charge is 0.289 e. The molecule has 0 N–H and O–H groups in total. The lowest BCUT2D eigenvalue weighted by atomic mass is 9.87. The second kappa shape index (κ2) is 5.34. The lowest BCUT2D eigenvalue weighted by Crippen LogP contribution is -2.10. The average molecular weight is 235 g/mol. The average Bonchev–Trinajstić information content (AvgIpc) is 2.46. The summed E-state index contributed by atoms with van der Waals surface area (Å²) in [7, 11) is 0. The fourth-order valence-corrected chi connectivity index (χ4v) is 2.19. The first-order valence-corrected chi connectivity index (χ1v) is 5.99. The standard InChI is InChI=1S/C16H13NO/c1-2-13-5-3-4-6-15(13)16(18)14-9-7-12(11-17)8-10-14/h1,7-10H,3-6H2. The maximum absolute atomic E-state index is 12.3. The Labute approximate surface area is 107 Å². The molecule has 1 aromatic rings. The first-order chi connectivity index (χ1) is 8.76. The number of hydrogen-bond acceptors (Lipinski definition) is 2. The number of nitrogens with zero attached hydrogens (tertiary/aromatic N) is 1. The summed E-state index contributed by atoms with van der Waals surface area (Å²) in [6.45, 7) is 0. The molecule has 0 aliphatic heterocycles. The van der Waals surface area contributed by atoms with E-state index in [0.29, 0.717) is 11.1 Å². The van der Waals surface area contributed by atoms with Crippen LogP contribution in [0.1, 0.15) is 41.6 Å². The van der Waals surface area contributed by atoms with Crippen molar-refractivity contribution in [3.63, 3.8) is 0 Å². The summed E-state index contributed by atoms with van der Waals surface area (Å²) < 4.78 is 0.